The Balaban J connectivity index is 1.87. The van der Waals surface area contributed by atoms with Crippen molar-refractivity contribution in [3.05, 3.63) is 100 Å². The fraction of sp³-hybridized carbons (Fsp3) is 0.345. The van der Waals surface area contributed by atoms with Gasteiger partial charge in [0.1, 0.15) is 11.6 Å². The summed E-state index contributed by atoms with van der Waals surface area (Å²) in [4.78, 5) is 14.8. The van der Waals surface area contributed by atoms with E-state index >= 15 is 0 Å². The molecule has 1 amide bonds. The second kappa shape index (κ2) is 12.0. The van der Waals surface area contributed by atoms with Crippen LogP contribution in [0.4, 0.5) is 4.39 Å². The molecule has 0 spiro atoms. The molecule has 5 heteroatoms. The van der Waals surface area contributed by atoms with Gasteiger partial charge in [0.25, 0.3) is 0 Å². The van der Waals surface area contributed by atoms with E-state index in [1.807, 2.05) is 81.1 Å². The lowest BCUT2D eigenvalue weighted by Gasteiger charge is -2.31. The van der Waals surface area contributed by atoms with Gasteiger partial charge in [-0.3, -0.25) is 4.79 Å². The van der Waals surface area contributed by atoms with Gasteiger partial charge in [-0.15, -0.1) is 0 Å². The summed E-state index contributed by atoms with van der Waals surface area (Å²) >= 11 is 6.06. The van der Waals surface area contributed by atoms with Crippen LogP contribution in [0.5, 0.6) is 5.75 Å². The van der Waals surface area contributed by atoms with Crippen LogP contribution >= 0.6 is 11.6 Å². The molecule has 3 aromatic rings. The van der Waals surface area contributed by atoms with Crippen LogP contribution in [0.3, 0.4) is 0 Å². The molecule has 0 fully saturated rings. The van der Waals surface area contributed by atoms with Gasteiger partial charge < -0.3 is 9.64 Å². The quantitative estimate of drug-likeness (QED) is 0.295. The first kappa shape index (κ1) is 25.8. The zero-order valence-electron chi connectivity index (χ0n) is 20.3. The van der Waals surface area contributed by atoms with E-state index < -0.39 is 0 Å². The summed E-state index contributed by atoms with van der Waals surface area (Å²) < 4.78 is 19.4. The molecule has 0 saturated heterocycles. The molecule has 0 heterocycles. The zero-order chi connectivity index (χ0) is 24.7. The van der Waals surface area contributed by atoms with Crippen molar-refractivity contribution >= 4 is 17.5 Å². The Bertz CT molecular complexity index is 1050. The van der Waals surface area contributed by atoms with Gasteiger partial charge in [0.05, 0.1) is 12.1 Å². The third-order valence-corrected chi connectivity index (χ3v) is 6.28. The van der Waals surface area contributed by atoms with Crippen molar-refractivity contribution in [1.82, 2.24) is 4.90 Å². The molecule has 0 saturated carbocycles. The first-order valence-corrected chi connectivity index (χ1v) is 12.2. The maximum absolute atomic E-state index is 13.6. The number of halogens is 2. The van der Waals surface area contributed by atoms with Gasteiger partial charge in [0.15, 0.2) is 0 Å². The first-order chi connectivity index (χ1) is 16.3. The monoisotopic (exact) mass is 481 g/mol. The lowest BCUT2D eigenvalue weighted by atomic mass is 9.88. The molecule has 34 heavy (non-hydrogen) atoms. The number of nitrogens with zero attached hydrogens (tertiary/aromatic N) is 1. The topological polar surface area (TPSA) is 29.5 Å². The molecule has 0 unspecified atom stereocenters. The highest BCUT2D eigenvalue weighted by atomic mass is 35.5. The van der Waals surface area contributed by atoms with E-state index in [4.69, 9.17) is 16.3 Å². The highest BCUT2D eigenvalue weighted by Gasteiger charge is 2.23. The van der Waals surface area contributed by atoms with Crippen LogP contribution in [0.25, 0.3) is 0 Å². The van der Waals surface area contributed by atoms with Gasteiger partial charge >= 0.3 is 0 Å². The summed E-state index contributed by atoms with van der Waals surface area (Å²) in [7, 11) is 0. The number of amides is 1. The van der Waals surface area contributed by atoms with Gasteiger partial charge in [-0.2, -0.15) is 0 Å². The van der Waals surface area contributed by atoms with Gasteiger partial charge in [-0.25, -0.2) is 4.39 Å². The number of ether oxygens (including phenoxy) is 1. The van der Waals surface area contributed by atoms with Crippen LogP contribution in [-0.2, 0) is 4.79 Å². The highest BCUT2D eigenvalue weighted by Crippen LogP contribution is 2.32. The van der Waals surface area contributed by atoms with Crippen molar-refractivity contribution in [3.63, 3.8) is 0 Å². The second-order valence-corrected chi connectivity index (χ2v) is 9.23. The first-order valence-electron chi connectivity index (χ1n) is 11.9. The normalized spacial score (nSPS) is 12.9. The average molecular weight is 482 g/mol. The fourth-order valence-corrected chi connectivity index (χ4v) is 4.32. The van der Waals surface area contributed by atoms with Crippen molar-refractivity contribution < 1.29 is 13.9 Å². The van der Waals surface area contributed by atoms with Crippen LogP contribution in [0, 0.1) is 5.82 Å². The van der Waals surface area contributed by atoms with Crippen molar-refractivity contribution in [3.8, 4) is 5.75 Å². The number of hydrogen-bond acceptors (Lipinski definition) is 2. The van der Waals surface area contributed by atoms with Crippen molar-refractivity contribution in [2.24, 2.45) is 0 Å². The minimum Gasteiger partial charge on any atom is -0.491 e. The van der Waals surface area contributed by atoms with Crippen LogP contribution in [0.15, 0.2) is 72.8 Å². The van der Waals surface area contributed by atoms with Crippen LogP contribution in [0.2, 0.25) is 5.02 Å². The van der Waals surface area contributed by atoms with E-state index in [2.05, 4.69) is 12.1 Å². The van der Waals surface area contributed by atoms with Crippen LogP contribution in [0.1, 0.15) is 69.2 Å². The lowest BCUT2D eigenvalue weighted by molar-refractivity contribution is -0.133. The van der Waals surface area contributed by atoms with E-state index in [1.165, 1.54) is 12.1 Å². The number of rotatable bonds is 10. The Hall–Kier alpha value is -2.85. The molecule has 0 aromatic heterocycles. The Morgan fingerprint density at radius 2 is 1.41 bits per heavy atom. The van der Waals surface area contributed by atoms with E-state index in [0.717, 1.165) is 22.4 Å². The molecule has 3 nitrogen and oxygen atoms in total. The van der Waals surface area contributed by atoms with Crippen LogP contribution < -0.4 is 4.74 Å². The largest absolute Gasteiger partial charge is 0.491 e. The van der Waals surface area contributed by atoms with E-state index in [1.54, 1.807) is 0 Å². The average Bonchev–Trinajstić information content (AvgIpc) is 2.83. The SMILES string of the molecule is CCC(=O)N(CC[C@@H](c1ccc(F)cc1)c1ccc(OC(C)C)cc1)[C@@H](C)c1ccc(Cl)cc1. The molecule has 0 N–H and O–H groups in total. The van der Waals surface area contributed by atoms with E-state index in [9.17, 15) is 9.18 Å². The zero-order valence-corrected chi connectivity index (χ0v) is 21.1. The van der Waals surface area contributed by atoms with E-state index in [-0.39, 0.29) is 29.8 Å². The predicted octanol–water partition coefficient (Wildman–Crippen LogP) is 7.79. The Morgan fingerprint density at radius 1 is 0.882 bits per heavy atom. The van der Waals surface area contributed by atoms with E-state index in [0.29, 0.717) is 24.4 Å². The summed E-state index contributed by atoms with van der Waals surface area (Å²) in [5.74, 6) is 0.664. The molecule has 0 bridgehead atoms. The maximum Gasteiger partial charge on any atom is 0.222 e. The molecule has 0 aliphatic carbocycles. The minimum atomic E-state index is -0.262. The third kappa shape index (κ3) is 6.83. The smallest absolute Gasteiger partial charge is 0.222 e. The molecule has 2 atom stereocenters. The molecular formula is C29H33ClFNO2. The Morgan fingerprint density at radius 3 is 1.94 bits per heavy atom. The minimum absolute atomic E-state index is 0.0123. The van der Waals surface area contributed by atoms with Crippen molar-refractivity contribution in [1.29, 1.82) is 0 Å². The number of carbonyl (C=O) groups is 1. The summed E-state index contributed by atoms with van der Waals surface area (Å²) in [5, 5.41) is 0.672. The third-order valence-electron chi connectivity index (χ3n) is 6.03. The second-order valence-electron chi connectivity index (χ2n) is 8.80. The van der Waals surface area contributed by atoms with Gasteiger partial charge in [-0.1, -0.05) is 54.9 Å². The van der Waals surface area contributed by atoms with Crippen molar-refractivity contribution in [2.75, 3.05) is 6.54 Å². The molecule has 0 radical (unpaired) electrons. The summed E-state index contributed by atoms with van der Waals surface area (Å²) in [5.41, 5.74) is 3.16. The summed E-state index contributed by atoms with van der Waals surface area (Å²) in [6.07, 6.45) is 1.24. The molecular weight excluding hydrogens is 449 g/mol. The van der Waals surface area contributed by atoms with Gasteiger partial charge in [0.2, 0.25) is 5.91 Å². The summed E-state index contributed by atoms with van der Waals surface area (Å²) in [6.45, 7) is 8.49. The molecule has 180 valence electrons. The highest BCUT2D eigenvalue weighted by molar-refractivity contribution is 6.30. The maximum atomic E-state index is 13.6. The fourth-order valence-electron chi connectivity index (χ4n) is 4.20. The number of hydrogen-bond donors (Lipinski definition) is 0. The standard InChI is InChI=1S/C29H33ClFNO2/c1-5-29(33)32(21(4)22-6-12-25(30)13-7-22)19-18-28(23-8-14-26(31)15-9-23)24-10-16-27(17-11-24)34-20(2)3/h6-17,20-21,28H,5,18-19H2,1-4H3/t21-,28-/m0/s1. The number of benzene rings is 3. The molecule has 0 aliphatic rings. The van der Waals surface area contributed by atoms with Gasteiger partial charge in [0, 0.05) is 23.9 Å². The summed E-state index contributed by atoms with van der Waals surface area (Å²) in [6, 6.07) is 22.2. The van der Waals surface area contributed by atoms with Crippen molar-refractivity contribution in [2.45, 2.75) is 58.6 Å². The number of carbonyl (C=O) groups excluding carboxylic acids is 1. The Kier molecular flexibility index (Phi) is 9.12. The molecule has 3 aromatic carbocycles. The lowest BCUT2D eigenvalue weighted by Crippen LogP contribution is -2.34. The Labute approximate surface area is 207 Å². The van der Waals surface area contributed by atoms with Gasteiger partial charge in [-0.05, 0) is 80.3 Å². The van der Waals surface area contributed by atoms with Crippen LogP contribution in [-0.4, -0.2) is 23.5 Å². The predicted molar refractivity (Wildman–Crippen MR) is 137 cm³/mol. The molecule has 0 aliphatic heterocycles. The molecule has 3 rings (SSSR count).